The minimum Gasteiger partial charge on any atom is -0.477 e. The Morgan fingerprint density at radius 1 is 0.580 bits per heavy atom. The molecule has 4 nitrogen and oxygen atoms in total. The lowest BCUT2D eigenvalue weighted by atomic mass is 9.67. The summed E-state index contributed by atoms with van der Waals surface area (Å²) in [6, 6.07) is 42.0. The number of fused-ring (bicyclic) bond motifs is 10. The van der Waals surface area contributed by atoms with E-state index in [-0.39, 0.29) is 16.4 Å². The van der Waals surface area contributed by atoms with E-state index in [0.29, 0.717) is 5.56 Å². The van der Waals surface area contributed by atoms with Gasteiger partial charge in [-0.1, -0.05) is 111 Å². The summed E-state index contributed by atoms with van der Waals surface area (Å²) in [6.45, 7) is 0. The molecule has 0 atom stereocenters. The Kier molecular flexibility index (Phi) is 7.28. The SMILES string of the molecule is N#C/C(=C\c1ccc(N(c2ccc3c(c2)C2(CCCCC2)c2ccccc2-3)c2ccc3c(c2)C2(CCCCC2)c2ccccc2-3)cc1)C(=O)O. The standard InChI is InChI=1S/C46H40N2O2/c47-30-32(44(49)50)27-31-15-17-33(18-16-31)48(34-19-21-38-36-11-3-5-13-40(36)45(42(38)28-34)23-7-1-8-24-45)35-20-22-39-37-12-4-6-14-41(37)46(43(39)29-35)25-9-2-10-26-46/h3-6,11-22,27-29H,1-2,7-10,23-26H2,(H,49,50)/b32-27+. The number of rotatable bonds is 5. The molecule has 2 fully saturated rings. The fourth-order valence-electron chi connectivity index (χ4n) is 10.0. The van der Waals surface area contributed by atoms with Gasteiger partial charge < -0.3 is 10.0 Å². The smallest absolute Gasteiger partial charge is 0.346 e. The van der Waals surface area contributed by atoms with Gasteiger partial charge in [0.25, 0.3) is 0 Å². The minimum absolute atomic E-state index is 0.0385. The number of anilines is 3. The number of carbonyl (C=O) groups is 1. The summed E-state index contributed by atoms with van der Waals surface area (Å²) < 4.78 is 0. The van der Waals surface area contributed by atoms with Crippen LogP contribution in [0, 0.1) is 11.3 Å². The van der Waals surface area contributed by atoms with Gasteiger partial charge in [-0.05, 0) is 118 Å². The predicted molar refractivity (Wildman–Crippen MR) is 201 cm³/mol. The first-order valence-electron chi connectivity index (χ1n) is 18.3. The summed E-state index contributed by atoms with van der Waals surface area (Å²) in [5.41, 5.74) is 15.0. The molecule has 2 saturated carbocycles. The number of carboxylic acid groups (broad SMARTS) is 1. The highest BCUT2D eigenvalue weighted by atomic mass is 16.4. The molecule has 1 N–H and O–H groups in total. The zero-order valence-electron chi connectivity index (χ0n) is 28.3. The van der Waals surface area contributed by atoms with E-state index < -0.39 is 5.97 Å². The van der Waals surface area contributed by atoms with Crippen molar-refractivity contribution in [3.8, 4) is 28.3 Å². The Morgan fingerprint density at radius 3 is 1.48 bits per heavy atom. The van der Waals surface area contributed by atoms with Crippen LogP contribution in [0.3, 0.4) is 0 Å². The largest absolute Gasteiger partial charge is 0.477 e. The van der Waals surface area contributed by atoms with Crippen molar-refractivity contribution in [2.45, 2.75) is 75.0 Å². The van der Waals surface area contributed by atoms with E-state index in [1.807, 2.05) is 18.2 Å². The Morgan fingerprint density at radius 2 is 1.02 bits per heavy atom. The summed E-state index contributed by atoms with van der Waals surface area (Å²) in [5.74, 6) is -1.22. The Labute approximate surface area is 294 Å². The molecule has 9 rings (SSSR count). The Bertz CT molecular complexity index is 2110. The fourth-order valence-corrected chi connectivity index (χ4v) is 10.0. The van der Waals surface area contributed by atoms with Crippen LogP contribution in [0.1, 0.15) is 92.0 Å². The maximum atomic E-state index is 11.6. The first-order valence-corrected chi connectivity index (χ1v) is 18.3. The Hall–Kier alpha value is -5.40. The van der Waals surface area contributed by atoms with Crippen molar-refractivity contribution in [3.63, 3.8) is 0 Å². The fraction of sp³-hybridized carbons (Fsp3) is 0.261. The summed E-state index contributed by atoms with van der Waals surface area (Å²) in [6.07, 6.45) is 13.7. The summed E-state index contributed by atoms with van der Waals surface area (Å²) in [5, 5.41) is 18.9. The lowest BCUT2D eigenvalue weighted by Gasteiger charge is -2.37. The number of hydrogen-bond donors (Lipinski definition) is 1. The van der Waals surface area contributed by atoms with Crippen LogP contribution >= 0.6 is 0 Å². The van der Waals surface area contributed by atoms with Gasteiger partial charge in [-0.25, -0.2) is 4.79 Å². The average molecular weight is 653 g/mol. The van der Waals surface area contributed by atoms with Crippen LogP contribution in [0.5, 0.6) is 0 Å². The molecule has 5 aromatic rings. The van der Waals surface area contributed by atoms with E-state index in [1.165, 1.54) is 115 Å². The van der Waals surface area contributed by atoms with Crippen LogP contribution in [0.25, 0.3) is 28.3 Å². The van der Waals surface area contributed by atoms with Gasteiger partial charge in [0, 0.05) is 27.9 Å². The number of nitriles is 1. The van der Waals surface area contributed by atoms with Gasteiger partial charge in [-0.2, -0.15) is 5.26 Å². The predicted octanol–water partition coefficient (Wildman–Crippen LogP) is 11.6. The molecule has 50 heavy (non-hydrogen) atoms. The Balaban J connectivity index is 1.22. The van der Waals surface area contributed by atoms with Crippen LogP contribution in [0.4, 0.5) is 17.1 Å². The summed E-state index contributed by atoms with van der Waals surface area (Å²) >= 11 is 0. The van der Waals surface area contributed by atoms with Crippen LogP contribution in [-0.4, -0.2) is 11.1 Å². The zero-order valence-corrected chi connectivity index (χ0v) is 28.3. The minimum atomic E-state index is -1.22. The third-order valence-electron chi connectivity index (χ3n) is 12.2. The number of hydrogen-bond acceptors (Lipinski definition) is 3. The van der Waals surface area contributed by atoms with Crippen LogP contribution in [-0.2, 0) is 15.6 Å². The molecule has 4 aliphatic carbocycles. The quantitative estimate of drug-likeness (QED) is 0.152. The van der Waals surface area contributed by atoms with Crippen LogP contribution in [0.15, 0.2) is 115 Å². The number of benzene rings is 5. The topological polar surface area (TPSA) is 64.3 Å². The molecule has 0 amide bonds. The van der Waals surface area contributed by atoms with Gasteiger partial charge in [0.05, 0.1) is 0 Å². The number of nitrogens with zero attached hydrogens (tertiary/aromatic N) is 2. The molecule has 0 bridgehead atoms. The van der Waals surface area contributed by atoms with E-state index in [0.717, 1.165) is 17.1 Å². The zero-order chi connectivity index (χ0) is 33.9. The second-order valence-electron chi connectivity index (χ2n) is 14.7. The monoisotopic (exact) mass is 652 g/mol. The second-order valence-corrected chi connectivity index (χ2v) is 14.7. The van der Waals surface area contributed by atoms with Crippen molar-refractivity contribution in [3.05, 3.63) is 143 Å². The lowest BCUT2D eigenvalue weighted by molar-refractivity contribution is -0.132. The highest BCUT2D eigenvalue weighted by Crippen LogP contribution is 2.59. The van der Waals surface area contributed by atoms with Gasteiger partial charge in [-0.15, -0.1) is 0 Å². The van der Waals surface area contributed by atoms with E-state index in [2.05, 4.69) is 102 Å². The third-order valence-corrected chi connectivity index (χ3v) is 12.2. The molecular weight excluding hydrogens is 613 g/mol. The first kappa shape index (κ1) is 30.6. The van der Waals surface area contributed by atoms with Crippen molar-refractivity contribution >= 4 is 29.1 Å². The van der Waals surface area contributed by atoms with E-state index in [4.69, 9.17) is 0 Å². The highest BCUT2D eigenvalue weighted by Gasteiger charge is 2.45. The van der Waals surface area contributed by atoms with Gasteiger partial charge in [0.15, 0.2) is 0 Å². The molecule has 0 unspecified atom stereocenters. The number of aliphatic carboxylic acids is 1. The molecule has 0 heterocycles. The van der Waals surface area contributed by atoms with Crippen LogP contribution < -0.4 is 4.90 Å². The van der Waals surface area contributed by atoms with Gasteiger partial charge in [-0.3, -0.25) is 0 Å². The molecule has 5 aromatic carbocycles. The van der Waals surface area contributed by atoms with Crippen LogP contribution in [0.2, 0.25) is 0 Å². The van der Waals surface area contributed by atoms with E-state index in [9.17, 15) is 15.2 Å². The van der Waals surface area contributed by atoms with E-state index in [1.54, 1.807) is 0 Å². The first-order chi connectivity index (χ1) is 24.5. The maximum Gasteiger partial charge on any atom is 0.346 e. The second kappa shape index (κ2) is 11.9. The van der Waals surface area contributed by atoms with Crippen molar-refractivity contribution in [1.82, 2.24) is 0 Å². The number of carboxylic acids is 1. The summed E-state index contributed by atoms with van der Waals surface area (Å²) in [4.78, 5) is 14.0. The van der Waals surface area contributed by atoms with Gasteiger partial charge in [0.2, 0.25) is 0 Å². The molecule has 0 saturated heterocycles. The molecule has 4 heteroatoms. The average Bonchev–Trinajstić information content (AvgIpc) is 3.57. The molecule has 0 radical (unpaired) electrons. The highest BCUT2D eigenvalue weighted by molar-refractivity contribution is 5.96. The van der Waals surface area contributed by atoms with Gasteiger partial charge >= 0.3 is 5.97 Å². The van der Waals surface area contributed by atoms with Crippen molar-refractivity contribution in [2.75, 3.05) is 4.90 Å². The lowest BCUT2D eigenvalue weighted by Crippen LogP contribution is -2.28. The molecular formula is C46H40N2O2. The van der Waals surface area contributed by atoms with Gasteiger partial charge in [0.1, 0.15) is 11.6 Å². The third kappa shape index (κ3) is 4.60. The van der Waals surface area contributed by atoms with Crippen molar-refractivity contribution in [2.24, 2.45) is 0 Å². The molecule has 0 aromatic heterocycles. The van der Waals surface area contributed by atoms with Crippen molar-refractivity contribution < 1.29 is 9.90 Å². The molecule has 2 spiro atoms. The summed E-state index contributed by atoms with van der Waals surface area (Å²) in [7, 11) is 0. The van der Waals surface area contributed by atoms with E-state index >= 15 is 0 Å². The normalized spacial score (nSPS) is 17.8. The molecule has 246 valence electrons. The maximum absolute atomic E-state index is 11.6. The van der Waals surface area contributed by atoms with Crippen molar-refractivity contribution in [1.29, 1.82) is 5.26 Å². The molecule has 4 aliphatic rings. The molecule has 0 aliphatic heterocycles.